The molecular weight excluding hydrogens is 197 g/mol. The fourth-order valence-electron chi connectivity index (χ4n) is 0.935. The molecule has 0 spiro atoms. The molecule has 0 saturated carbocycles. The maximum absolute atomic E-state index is 12.0. The minimum Gasteiger partial charge on any atom is -0.160 e. The molecule has 0 unspecified atom stereocenters. The Hall–Kier alpha value is -0.640. The van der Waals surface area contributed by atoms with Crippen LogP contribution in [0.25, 0.3) is 0 Å². The van der Waals surface area contributed by atoms with Gasteiger partial charge in [0.1, 0.15) is 0 Å². The van der Waals surface area contributed by atoms with Gasteiger partial charge in [-0.2, -0.15) is 13.2 Å². The van der Waals surface area contributed by atoms with Crippen molar-refractivity contribution in [3.63, 3.8) is 0 Å². The molecule has 0 aliphatic heterocycles. The van der Waals surface area contributed by atoms with Crippen LogP contribution in [-0.2, 0) is 6.42 Å². The highest BCUT2D eigenvalue weighted by Gasteiger charge is 2.29. The van der Waals surface area contributed by atoms with E-state index in [0.717, 1.165) is 0 Å². The normalized spacial score (nSPS) is 11.7. The molecule has 0 amide bonds. The summed E-state index contributed by atoms with van der Waals surface area (Å²) in [6.07, 6.45) is 0.374. The second kappa shape index (κ2) is 4.05. The summed E-state index contributed by atoms with van der Waals surface area (Å²) in [5, 5.41) is 0. The van der Waals surface area contributed by atoms with Crippen LogP contribution < -0.4 is 0 Å². The van der Waals surface area contributed by atoms with Crippen molar-refractivity contribution in [3.05, 3.63) is 36.8 Å². The summed E-state index contributed by atoms with van der Waals surface area (Å²) in [6, 6.07) is 6.41. The smallest absolute Gasteiger partial charge is 0.160 e. The van der Waals surface area contributed by atoms with Crippen molar-refractivity contribution in [3.8, 4) is 0 Å². The molecule has 0 nitrogen and oxygen atoms in total. The Morgan fingerprint density at radius 3 is 2.38 bits per heavy atom. The van der Waals surface area contributed by atoms with Crippen LogP contribution in [0.1, 0.15) is 5.56 Å². The summed E-state index contributed by atoms with van der Waals surface area (Å²) in [5.41, 5.74) is -3.59. The van der Waals surface area contributed by atoms with E-state index in [-0.39, 0.29) is 16.7 Å². The molecule has 0 bridgehead atoms. The Balaban J connectivity index is 2.87. The molecule has 1 aromatic carbocycles. The van der Waals surface area contributed by atoms with E-state index in [1.165, 1.54) is 6.07 Å². The molecule has 0 aromatic heterocycles. The van der Waals surface area contributed by atoms with Crippen LogP contribution in [0.2, 0.25) is 0 Å². The van der Waals surface area contributed by atoms with Gasteiger partial charge >= 0.3 is 5.51 Å². The summed E-state index contributed by atoms with van der Waals surface area (Å²) in [4.78, 5) is 0.241. The van der Waals surface area contributed by atoms with Gasteiger partial charge in [0.2, 0.25) is 0 Å². The Morgan fingerprint density at radius 1 is 1.23 bits per heavy atom. The number of thioether (sulfide) groups is 1. The van der Waals surface area contributed by atoms with Crippen molar-refractivity contribution in [1.29, 1.82) is 0 Å². The van der Waals surface area contributed by atoms with Gasteiger partial charge in [-0.25, -0.2) is 0 Å². The molecule has 0 aliphatic rings. The average molecular weight is 205 g/mol. The lowest BCUT2D eigenvalue weighted by atomic mass is 10.2. The Morgan fingerprint density at radius 2 is 1.85 bits per heavy atom. The van der Waals surface area contributed by atoms with E-state index in [0.29, 0.717) is 12.0 Å². The summed E-state index contributed by atoms with van der Waals surface area (Å²) in [6.45, 7) is 3.57. The van der Waals surface area contributed by atoms with Crippen molar-refractivity contribution in [1.82, 2.24) is 0 Å². The van der Waals surface area contributed by atoms with Crippen molar-refractivity contribution in [2.75, 3.05) is 0 Å². The van der Waals surface area contributed by atoms with Crippen LogP contribution >= 0.6 is 11.8 Å². The topological polar surface area (TPSA) is 0 Å². The predicted octanol–water partition coefficient (Wildman–Crippen LogP) is 3.68. The predicted molar refractivity (Wildman–Crippen MR) is 47.4 cm³/mol. The van der Waals surface area contributed by atoms with Crippen LogP contribution in [-0.4, -0.2) is 5.51 Å². The quantitative estimate of drug-likeness (QED) is 0.664. The second-order valence-corrected chi connectivity index (χ2v) is 3.51. The van der Waals surface area contributed by atoms with Gasteiger partial charge < -0.3 is 0 Å². The first-order valence-corrected chi connectivity index (χ1v) is 4.47. The number of benzene rings is 1. The molecular formula is C9H8F3S. The molecule has 1 rings (SSSR count). The third kappa shape index (κ3) is 3.30. The van der Waals surface area contributed by atoms with Gasteiger partial charge in [-0.05, 0) is 36.7 Å². The average Bonchev–Trinajstić information content (AvgIpc) is 2.02. The number of halogens is 3. The highest BCUT2D eigenvalue weighted by atomic mass is 32.2. The van der Waals surface area contributed by atoms with Crippen LogP contribution in [0.5, 0.6) is 0 Å². The van der Waals surface area contributed by atoms with E-state index in [2.05, 4.69) is 6.92 Å². The molecule has 0 aliphatic carbocycles. The van der Waals surface area contributed by atoms with E-state index >= 15 is 0 Å². The second-order valence-electron chi connectivity index (χ2n) is 2.41. The van der Waals surface area contributed by atoms with Gasteiger partial charge in [-0.1, -0.05) is 18.2 Å². The zero-order valence-corrected chi connectivity index (χ0v) is 7.58. The summed E-state index contributed by atoms with van der Waals surface area (Å²) < 4.78 is 36.0. The lowest BCUT2D eigenvalue weighted by molar-refractivity contribution is -0.0328. The monoisotopic (exact) mass is 205 g/mol. The van der Waals surface area contributed by atoms with E-state index in [4.69, 9.17) is 0 Å². The molecule has 71 valence electrons. The third-order valence-electron chi connectivity index (χ3n) is 1.47. The number of hydrogen-bond acceptors (Lipinski definition) is 1. The van der Waals surface area contributed by atoms with Crippen LogP contribution in [0, 0.1) is 6.92 Å². The summed E-state index contributed by atoms with van der Waals surface area (Å²) in [7, 11) is 0. The minimum atomic E-state index is -4.22. The molecule has 0 N–H and O–H groups in total. The SMILES string of the molecule is [CH2]Cc1ccccc1SC(F)(F)F. The standard InChI is InChI=1S/C9H8F3S/c1-2-7-5-3-4-6-8(7)13-9(10,11)12/h3-6H,1-2H2. The van der Waals surface area contributed by atoms with Gasteiger partial charge in [0.05, 0.1) is 0 Å². The summed E-state index contributed by atoms with van der Waals surface area (Å²) in [5.74, 6) is 0. The van der Waals surface area contributed by atoms with Crippen molar-refractivity contribution in [2.24, 2.45) is 0 Å². The fraction of sp³-hybridized carbons (Fsp3) is 0.222. The van der Waals surface area contributed by atoms with E-state index < -0.39 is 5.51 Å². The first kappa shape index (κ1) is 10.4. The van der Waals surface area contributed by atoms with Gasteiger partial charge in [-0.15, -0.1) is 0 Å². The Bertz CT molecular complexity index is 280. The molecule has 4 heteroatoms. The van der Waals surface area contributed by atoms with Gasteiger partial charge in [0, 0.05) is 4.90 Å². The van der Waals surface area contributed by atoms with Crippen LogP contribution in [0.3, 0.4) is 0 Å². The van der Waals surface area contributed by atoms with E-state index in [1.807, 2.05) is 0 Å². The third-order valence-corrected chi connectivity index (χ3v) is 2.32. The number of hydrogen-bond donors (Lipinski definition) is 0. The molecule has 1 aromatic rings. The summed E-state index contributed by atoms with van der Waals surface area (Å²) >= 11 is -0.0881. The van der Waals surface area contributed by atoms with Crippen LogP contribution in [0.4, 0.5) is 13.2 Å². The zero-order chi connectivity index (χ0) is 9.90. The number of rotatable bonds is 2. The molecule has 1 radical (unpaired) electrons. The van der Waals surface area contributed by atoms with Crippen molar-refractivity contribution < 1.29 is 13.2 Å². The zero-order valence-electron chi connectivity index (χ0n) is 6.77. The minimum absolute atomic E-state index is 0.0881. The van der Waals surface area contributed by atoms with Gasteiger partial charge in [-0.3, -0.25) is 0 Å². The number of alkyl halides is 3. The molecule has 0 heterocycles. The highest BCUT2D eigenvalue weighted by molar-refractivity contribution is 8.00. The lowest BCUT2D eigenvalue weighted by Gasteiger charge is -2.08. The highest BCUT2D eigenvalue weighted by Crippen LogP contribution is 2.38. The van der Waals surface area contributed by atoms with E-state index in [9.17, 15) is 13.2 Å². The van der Waals surface area contributed by atoms with Crippen molar-refractivity contribution >= 4 is 11.8 Å². The van der Waals surface area contributed by atoms with Crippen LogP contribution in [0.15, 0.2) is 29.2 Å². The van der Waals surface area contributed by atoms with Crippen molar-refractivity contribution in [2.45, 2.75) is 16.8 Å². The van der Waals surface area contributed by atoms with Gasteiger partial charge in [0.15, 0.2) is 0 Å². The molecule has 0 fully saturated rings. The molecule has 0 saturated heterocycles. The lowest BCUT2D eigenvalue weighted by Crippen LogP contribution is -2.00. The van der Waals surface area contributed by atoms with E-state index in [1.54, 1.807) is 18.2 Å². The Kier molecular flexibility index (Phi) is 3.25. The molecule has 0 atom stereocenters. The Labute approximate surface area is 79.1 Å². The van der Waals surface area contributed by atoms with Gasteiger partial charge in [0.25, 0.3) is 0 Å². The maximum Gasteiger partial charge on any atom is 0.446 e. The maximum atomic E-state index is 12.0. The first-order chi connectivity index (χ1) is 6.03. The largest absolute Gasteiger partial charge is 0.446 e. The molecule has 13 heavy (non-hydrogen) atoms. The first-order valence-electron chi connectivity index (χ1n) is 3.66. The fourth-order valence-corrected chi connectivity index (χ4v) is 1.63.